The maximum atomic E-state index is 5.05. The van der Waals surface area contributed by atoms with Crippen LogP contribution in [-0.2, 0) is 5.41 Å². The van der Waals surface area contributed by atoms with Gasteiger partial charge < -0.3 is 0 Å². The van der Waals surface area contributed by atoms with Gasteiger partial charge in [0.25, 0.3) is 0 Å². The lowest BCUT2D eigenvalue weighted by molar-refractivity contribution is 0.602. The van der Waals surface area contributed by atoms with Gasteiger partial charge in [-0.15, -0.1) is 11.8 Å². The van der Waals surface area contributed by atoms with Crippen LogP contribution in [-0.4, -0.2) is 10.7 Å². The smallest absolute Gasteiger partial charge is 0.101 e. The third kappa shape index (κ3) is 1.91. The molecule has 1 aromatic heterocycles. The minimum Gasteiger partial charge on any atom is -0.241 e. The van der Waals surface area contributed by atoms with E-state index < -0.39 is 0 Å². The van der Waals surface area contributed by atoms with E-state index in [9.17, 15) is 0 Å². The molecule has 1 aliphatic rings. The Bertz CT molecular complexity index is 1100. The molecule has 0 N–H and O–H groups in total. The van der Waals surface area contributed by atoms with E-state index in [0.29, 0.717) is 0 Å². The zero-order valence-corrected chi connectivity index (χ0v) is 14.1. The fourth-order valence-electron chi connectivity index (χ4n) is 3.56. The second-order valence-electron chi connectivity index (χ2n) is 7.07. The molecule has 2 heteroatoms. The average molecular weight is 315 g/mol. The molecule has 0 saturated heterocycles. The van der Waals surface area contributed by atoms with Crippen molar-refractivity contribution >= 4 is 44.2 Å². The van der Waals surface area contributed by atoms with Crippen molar-refractivity contribution in [3.8, 4) is 0 Å². The average Bonchev–Trinajstić information content (AvgIpc) is 2.86. The lowest BCUT2D eigenvalue weighted by Gasteiger charge is -2.17. The SMILES string of the molecule is CC1(C)CSc2nc3c(ccc4cc5ccccc5cc43)cc21. The Morgan fingerprint density at radius 2 is 1.61 bits per heavy atom. The molecule has 3 aromatic carbocycles. The van der Waals surface area contributed by atoms with E-state index >= 15 is 0 Å². The first-order valence-corrected chi connectivity index (χ1v) is 9.00. The van der Waals surface area contributed by atoms with E-state index in [-0.39, 0.29) is 5.41 Å². The molecule has 0 amide bonds. The van der Waals surface area contributed by atoms with Crippen molar-refractivity contribution < 1.29 is 0 Å². The van der Waals surface area contributed by atoms with Gasteiger partial charge in [-0.3, -0.25) is 0 Å². The minimum atomic E-state index is 0.222. The number of aromatic nitrogens is 1. The number of benzene rings is 3. The van der Waals surface area contributed by atoms with Gasteiger partial charge in [0.1, 0.15) is 5.03 Å². The van der Waals surface area contributed by atoms with Gasteiger partial charge in [0.05, 0.1) is 5.52 Å². The third-order valence-corrected chi connectivity index (χ3v) is 6.38. The molecule has 23 heavy (non-hydrogen) atoms. The molecule has 4 aromatic rings. The molecule has 0 unspecified atom stereocenters. The molecule has 0 atom stereocenters. The quantitative estimate of drug-likeness (QED) is 0.295. The lowest BCUT2D eigenvalue weighted by Crippen LogP contribution is -2.15. The molecule has 0 bridgehead atoms. The van der Waals surface area contributed by atoms with Crippen molar-refractivity contribution in [3.63, 3.8) is 0 Å². The second kappa shape index (κ2) is 4.48. The maximum Gasteiger partial charge on any atom is 0.101 e. The zero-order chi connectivity index (χ0) is 15.6. The summed E-state index contributed by atoms with van der Waals surface area (Å²) in [7, 11) is 0. The Kier molecular flexibility index (Phi) is 2.61. The van der Waals surface area contributed by atoms with E-state index in [2.05, 4.69) is 68.4 Å². The summed E-state index contributed by atoms with van der Waals surface area (Å²) >= 11 is 1.89. The van der Waals surface area contributed by atoms with Crippen LogP contribution in [0.15, 0.2) is 59.6 Å². The monoisotopic (exact) mass is 315 g/mol. The highest BCUT2D eigenvalue weighted by atomic mass is 32.2. The summed E-state index contributed by atoms with van der Waals surface area (Å²) in [6.07, 6.45) is 0. The summed E-state index contributed by atoms with van der Waals surface area (Å²) in [5.74, 6) is 1.12. The summed E-state index contributed by atoms with van der Waals surface area (Å²) in [6, 6.07) is 19.9. The molecule has 5 rings (SSSR count). The molecular weight excluding hydrogens is 298 g/mol. The Balaban J connectivity index is 1.91. The highest BCUT2D eigenvalue weighted by Gasteiger charge is 2.32. The van der Waals surface area contributed by atoms with Gasteiger partial charge in [0.15, 0.2) is 0 Å². The Morgan fingerprint density at radius 3 is 2.43 bits per heavy atom. The minimum absolute atomic E-state index is 0.222. The highest BCUT2D eigenvalue weighted by molar-refractivity contribution is 7.99. The summed E-state index contributed by atoms with van der Waals surface area (Å²) in [5.41, 5.74) is 2.76. The van der Waals surface area contributed by atoms with Gasteiger partial charge in [0, 0.05) is 21.9 Å². The summed E-state index contributed by atoms with van der Waals surface area (Å²) in [5, 5.41) is 7.56. The lowest BCUT2D eigenvalue weighted by atomic mass is 9.87. The van der Waals surface area contributed by atoms with Gasteiger partial charge >= 0.3 is 0 Å². The topological polar surface area (TPSA) is 12.9 Å². The Labute approximate surface area is 139 Å². The molecule has 2 heterocycles. The van der Waals surface area contributed by atoms with Crippen molar-refractivity contribution in [2.75, 3.05) is 5.75 Å². The van der Waals surface area contributed by atoms with Crippen LogP contribution in [0.1, 0.15) is 19.4 Å². The summed E-state index contributed by atoms with van der Waals surface area (Å²) in [6.45, 7) is 4.63. The first-order valence-electron chi connectivity index (χ1n) is 8.01. The Hall–Kier alpha value is -2.06. The predicted molar refractivity (Wildman–Crippen MR) is 101 cm³/mol. The second-order valence-corrected chi connectivity index (χ2v) is 8.04. The largest absolute Gasteiger partial charge is 0.241 e. The third-order valence-electron chi connectivity index (χ3n) is 4.93. The van der Waals surface area contributed by atoms with E-state index in [4.69, 9.17) is 4.98 Å². The van der Waals surface area contributed by atoms with Crippen LogP contribution in [0.3, 0.4) is 0 Å². The first kappa shape index (κ1) is 13.4. The van der Waals surface area contributed by atoms with E-state index in [1.165, 1.54) is 37.5 Å². The molecule has 0 fully saturated rings. The predicted octanol–water partition coefficient (Wildman–Crippen LogP) is 5.92. The van der Waals surface area contributed by atoms with Crippen molar-refractivity contribution in [2.45, 2.75) is 24.3 Å². The van der Waals surface area contributed by atoms with Gasteiger partial charge in [0.2, 0.25) is 0 Å². The number of pyridine rings is 1. The number of hydrogen-bond acceptors (Lipinski definition) is 2. The molecule has 0 saturated carbocycles. The molecule has 0 aliphatic carbocycles. The van der Waals surface area contributed by atoms with Crippen LogP contribution in [0.4, 0.5) is 0 Å². The van der Waals surface area contributed by atoms with Crippen LogP contribution in [0.25, 0.3) is 32.4 Å². The summed E-state index contributed by atoms with van der Waals surface area (Å²) in [4.78, 5) is 5.05. The molecule has 1 nitrogen and oxygen atoms in total. The zero-order valence-electron chi connectivity index (χ0n) is 13.3. The highest BCUT2D eigenvalue weighted by Crippen LogP contribution is 2.44. The first-order chi connectivity index (χ1) is 11.1. The molecular formula is C21H17NS. The van der Waals surface area contributed by atoms with Crippen molar-refractivity contribution in [3.05, 3.63) is 60.2 Å². The van der Waals surface area contributed by atoms with Crippen LogP contribution >= 0.6 is 11.8 Å². The number of rotatable bonds is 0. The van der Waals surface area contributed by atoms with Gasteiger partial charge in [-0.25, -0.2) is 4.98 Å². The van der Waals surface area contributed by atoms with E-state index in [1.807, 2.05) is 11.8 Å². The maximum absolute atomic E-state index is 5.05. The van der Waals surface area contributed by atoms with Gasteiger partial charge in [-0.05, 0) is 39.9 Å². The van der Waals surface area contributed by atoms with Crippen molar-refractivity contribution in [1.82, 2.24) is 4.98 Å². The number of nitrogens with zero attached hydrogens (tertiary/aromatic N) is 1. The summed E-state index contributed by atoms with van der Waals surface area (Å²) < 4.78 is 0. The van der Waals surface area contributed by atoms with Crippen LogP contribution in [0, 0.1) is 0 Å². The van der Waals surface area contributed by atoms with Crippen LogP contribution in [0.5, 0.6) is 0 Å². The fourth-order valence-corrected chi connectivity index (χ4v) is 4.86. The van der Waals surface area contributed by atoms with Crippen LogP contribution < -0.4 is 0 Å². The number of hydrogen-bond donors (Lipinski definition) is 0. The molecule has 0 radical (unpaired) electrons. The Morgan fingerprint density at radius 1 is 0.870 bits per heavy atom. The van der Waals surface area contributed by atoms with Crippen molar-refractivity contribution in [2.24, 2.45) is 0 Å². The fraction of sp³-hybridized carbons (Fsp3) is 0.190. The van der Waals surface area contributed by atoms with Gasteiger partial charge in [-0.1, -0.05) is 50.2 Å². The number of thioether (sulfide) groups is 1. The standard InChI is InChI=1S/C21H17NS/c1-21(2)12-23-20-18(21)11-16-8-7-15-9-13-5-3-4-6-14(13)10-17(15)19(16)22-20/h3-11H,12H2,1-2H3. The van der Waals surface area contributed by atoms with E-state index in [0.717, 1.165) is 11.3 Å². The van der Waals surface area contributed by atoms with Gasteiger partial charge in [-0.2, -0.15) is 0 Å². The molecule has 1 aliphatic heterocycles. The van der Waals surface area contributed by atoms with Crippen molar-refractivity contribution in [1.29, 1.82) is 0 Å². The normalized spacial score (nSPS) is 16.3. The van der Waals surface area contributed by atoms with Crippen LogP contribution in [0.2, 0.25) is 0 Å². The van der Waals surface area contributed by atoms with E-state index in [1.54, 1.807) is 0 Å². The molecule has 0 spiro atoms. The molecule has 112 valence electrons. The number of fused-ring (bicyclic) bond motifs is 5.